The van der Waals surface area contributed by atoms with Crippen LogP contribution in [-0.2, 0) is 0 Å². The molecule has 0 bridgehead atoms. The smallest absolute Gasteiger partial charge is 0.0267 e. The molecule has 2 fully saturated rings. The van der Waals surface area contributed by atoms with E-state index in [0.717, 1.165) is 19.0 Å². The molecule has 2 rings (SSSR count). The minimum absolute atomic E-state index is 0.657. The minimum Gasteiger partial charge on any atom is -0.304 e. The molecule has 0 saturated carbocycles. The van der Waals surface area contributed by atoms with Crippen LogP contribution in [0.1, 0.15) is 20.3 Å². The van der Waals surface area contributed by atoms with Gasteiger partial charge in [0.05, 0.1) is 0 Å². The molecule has 3 unspecified atom stereocenters. The van der Waals surface area contributed by atoms with Gasteiger partial charge in [-0.15, -0.1) is 0 Å². The van der Waals surface area contributed by atoms with Crippen LogP contribution in [0.4, 0.5) is 0 Å². The third-order valence-electron chi connectivity index (χ3n) is 4.46. The fourth-order valence-corrected chi connectivity index (χ4v) is 2.89. The predicted molar refractivity (Wildman–Crippen MR) is 71.9 cm³/mol. The Bertz CT molecular complexity index is 238. The summed E-state index contributed by atoms with van der Waals surface area (Å²) >= 11 is 0. The van der Waals surface area contributed by atoms with Gasteiger partial charge in [-0.1, -0.05) is 6.92 Å². The van der Waals surface area contributed by atoms with Gasteiger partial charge < -0.3 is 9.80 Å². The minimum atomic E-state index is 0.657. The monoisotopic (exact) mass is 240 g/mol. The summed E-state index contributed by atoms with van der Waals surface area (Å²) in [5, 5.41) is 2.43. The molecule has 0 aromatic rings. The van der Waals surface area contributed by atoms with Crippen molar-refractivity contribution >= 4 is 0 Å². The third kappa shape index (κ3) is 3.41. The van der Waals surface area contributed by atoms with E-state index in [1.165, 1.54) is 26.1 Å². The van der Waals surface area contributed by atoms with E-state index in [0.29, 0.717) is 12.1 Å². The first-order valence-corrected chi connectivity index (χ1v) is 6.96. The first-order valence-electron chi connectivity index (χ1n) is 6.96. The molecule has 3 atom stereocenters. The van der Waals surface area contributed by atoms with E-state index in [1.54, 1.807) is 0 Å². The summed E-state index contributed by atoms with van der Waals surface area (Å²) < 4.78 is 0. The van der Waals surface area contributed by atoms with Gasteiger partial charge in [0.25, 0.3) is 0 Å². The largest absolute Gasteiger partial charge is 0.304 e. The van der Waals surface area contributed by atoms with Crippen molar-refractivity contribution in [3.05, 3.63) is 0 Å². The maximum atomic E-state index is 3.76. The zero-order chi connectivity index (χ0) is 12.4. The number of nitrogens with zero attached hydrogens (tertiary/aromatic N) is 3. The van der Waals surface area contributed by atoms with Gasteiger partial charge >= 0.3 is 0 Å². The Morgan fingerprint density at radius 3 is 2.29 bits per heavy atom. The standard InChI is InChI=1S/C13H28N4/c1-11-10-16(4)12(2)9-13(11)14-17-7-5-15(3)6-8-17/h11-14H,5-10H2,1-4H3. The summed E-state index contributed by atoms with van der Waals surface area (Å²) in [6.45, 7) is 10.6. The molecule has 4 nitrogen and oxygen atoms in total. The average molecular weight is 240 g/mol. The van der Waals surface area contributed by atoms with E-state index < -0.39 is 0 Å². The third-order valence-corrected chi connectivity index (χ3v) is 4.46. The first kappa shape index (κ1) is 13.3. The highest BCUT2D eigenvalue weighted by atomic mass is 15.5. The maximum Gasteiger partial charge on any atom is 0.0267 e. The molecular weight excluding hydrogens is 212 g/mol. The van der Waals surface area contributed by atoms with Gasteiger partial charge in [-0.05, 0) is 33.4 Å². The molecule has 17 heavy (non-hydrogen) atoms. The Morgan fingerprint density at radius 2 is 1.65 bits per heavy atom. The number of hydrogen-bond acceptors (Lipinski definition) is 4. The number of rotatable bonds is 2. The van der Waals surface area contributed by atoms with Crippen LogP contribution in [0.15, 0.2) is 0 Å². The summed E-state index contributed by atoms with van der Waals surface area (Å²) in [6, 6.07) is 1.36. The zero-order valence-corrected chi connectivity index (χ0v) is 11.8. The van der Waals surface area contributed by atoms with Crippen molar-refractivity contribution in [1.82, 2.24) is 20.2 Å². The van der Waals surface area contributed by atoms with E-state index in [4.69, 9.17) is 0 Å². The van der Waals surface area contributed by atoms with E-state index in [1.807, 2.05) is 0 Å². The van der Waals surface area contributed by atoms with E-state index in [9.17, 15) is 0 Å². The van der Waals surface area contributed by atoms with Gasteiger partial charge in [-0.2, -0.15) is 0 Å². The normalized spacial score (nSPS) is 38.5. The van der Waals surface area contributed by atoms with Crippen molar-refractivity contribution in [3.63, 3.8) is 0 Å². The molecule has 0 amide bonds. The highest BCUT2D eigenvalue weighted by molar-refractivity contribution is 4.86. The summed E-state index contributed by atoms with van der Waals surface area (Å²) in [5.41, 5.74) is 3.76. The molecule has 100 valence electrons. The summed E-state index contributed by atoms with van der Waals surface area (Å²) in [7, 11) is 4.45. The van der Waals surface area contributed by atoms with Gasteiger partial charge in [0.2, 0.25) is 0 Å². The number of hydrogen-bond donors (Lipinski definition) is 1. The molecule has 1 N–H and O–H groups in total. The van der Waals surface area contributed by atoms with Crippen LogP contribution in [0, 0.1) is 5.92 Å². The van der Waals surface area contributed by atoms with Crippen LogP contribution < -0.4 is 5.43 Å². The number of hydrazine groups is 1. The Balaban J connectivity index is 1.82. The Kier molecular flexibility index (Phi) is 4.42. The predicted octanol–water partition coefficient (Wildman–Crippen LogP) is 0.467. The molecule has 2 saturated heterocycles. The lowest BCUT2D eigenvalue weighted by molar-refractivity contribution is 0.0366. The van der Waals surface area contributed by atoms with Crippen LogP contribution in [0.2, 0.25) is 0 Å². The number of piperazine rings is 1. The second kappa shape index (κ2) is 5.65. The second-order valence-electron chi connectivity index (χ2n) is 6.03. The van der Waals surface area contributed by atoms with Gasteiger partial charge in [0.15, 0.2) is 0 Å². The SMILES string of the molecule is CC1CN(C)C(C)CC1NN1CCN(C)CC1. The average Bonchev–Trinajstić information content (AvgIpc) is 2.29. The second-order valence-corrected chi connectivity index (χ2v) is 6.03. The molecule has 0 aromatic heterocycles. The number of piperidine rings is 1. The van der Waals surface area contributed by atoms with Crippen LogP contribution in [0.3, 0.4) is 0 Å². The number of likely N-dealkylation sites (tertiary alicyclic amines) is 1. The Labute approximate surface area is 106 Å². The number of nitrogens with one attached hydrogen (secondary N) is 1. The van der Waals surface area contributed by atoms with E-state index >= 15 is 0 Å². The van der Waals surface area contributed by atoms with Crippen molar-refractivity contribution in [2.75, 3.05) is 46.8 Å². The van der Waals surface area contributed by atoms with Crippen LogP contribution in [0.25, 0.3) is 0 Å². The molecular formula is C13H28N4. The van der Waals surface area contributed by atoms with Gasteiger partial charge in [0.1, 0.15) is 0 Å². The molecule has 2 heterocycles. The van der Waals surface area contributed by atoms with Crippen LogP contribution in [0.5, 0.6) is 0 Å². The molecule has 4 heteroatoms. The Morgan fingerprint density at radius 1 is 1.00 bits per heavy atom. The molecule has 2 aliphatic rings. The quantitative estimate of drug-likeness (QED) is 0.757. The summed E-state index contributed by atoms with van der Waals surface area (Å²) in [5.74, 6) is 0.746. The zero-order valence-electron chi connectivity index (χ0n) is 11.8. The fourth-order valence-electron chi connectivity index (χ4n) is 2.89. The Hall–Kier alpha value is -0.160. The summed E-state index contributed by atoms with van der Waals surface area (Å²) in [6.07, 6.45) is 1.27. The van der Waals surface area contributed by atoms with Crippen molar-refractivity contribution in [2.45, 2.75) is 32.4 Å². The van der Waals surface area contributed by atoms with E-state index in [-0.39, 0.29) is 0 Å². The van der Waals surface area contributed by atoms with Crippen LogP contribution in [-0.4, -0.2) is 73.7 Å². The highest BCUT2D eigenvalue weighted by Gasteiger charge is 2.30. The van der Waals surface area contributed by atoms with E-state index in [2.05, 4.69) is 48.2 Å². The van der Waals surface area contributed by atoms with Crippen molar-refractivity contribution < 1.29 is 0 Å². The lowest BCUT2D eigenvalue weighted by Gasteiger charge is -2.43. The molecule has 0 aromatic carbocycles. The molecule has 0 radical (unpaired) electrons. The van der Waals surface area contributed by atoms with Crippen LogP contribution >= 0.6 is 0 Å². The molecule has 2 aliphatic heterocycles. The van der Waals surface area contributed by atoms with Crippen molar-refractivity contribution in [3.8, 4) is 0 Å². The van der Waals surface area contributed by atoms with Gasteiger partial charge in [-0.25, -0.2) is 5.01 Å². The van der Waals surface area contributed by atoms with Crippen molar-refractivity contribution in [2.24, 2.45) is 5.92 Å². The fraction of sp³-hybridized carbons (Fsp3) is 1.00. The maximum absolute atomic E-state index is 3.76. The highest BCUT2D eigenvalue weighted by Crippen LogP contribution is 2.21. The molecule has 0 spiro atoms. The van der Waals surface area contributed by atoms with Crippen molar-refractivity contribution in [1.29, 1.82) is 0 Å². The topological polar surface area (TPSA) is 21.8 Å². The number of likely N-dealkylation sites (N-methyl/N-ethyl adjacent to an activating group) is 1. The lowest BCUT2D eigenvalue weighted by Crippen LogP contribution is -2.59. The summed E-state index contributed by atoms with van der Waals surface area (Å²) in [4.78, 5) is 4.88. The lowest BCUT2D eigenvalue weighted by atomic mass is 9.90. The van der Waals surface area contributed by atoms with Gasteiger partial charge in [-0.3, -0.25) is 5.43 Å². The van der Waals surface area contributed by atoms with Gasteiger partial charge in [0, 0.05) is 44.8 Å². The first-order chi connectivity index (χ1) is 8.06. The molecule has 0 aliphatic carbocycles.